The number of hydrogen-bond donors (Lipinski definition) is 1. The SMILES string of the molecule is CC(C)(C)S(=O)(=O)C1(CN2CCn3c(cnc3C(=O)NCc3ccc(C#N)cc3)C2=O)CC1. The van der Waals surface area contributed by atoms with Gasteiger partial charge < -0.3 is 14.8 Å². The largest absolute Gasteiger partial charge is 0.345 e. The third kappa shape index (κ3) is 4.02. The molecule has 4 rings (SSSR count). The fraction of sp³-hybridized carbons (Fsp3) is 0.478. The summed E-state index contributed by atoms with van der Waals surface area (Å²) in [5.74, 6) is -0.564. The second kappa shape index (κ2) is 7.99. The molecule has 10 heteroatoms. The monoisotopic (exact) mass is 469 g/mol. The van der Waals surface area contributed by atoms with Crippen LogP contribution in [0.4, 0.5) is 0 Å². The van der Waals surface area contributed by atoms with Gasteiger partial charge in [0.05, 0.1) is 27.3 Å². The van der Waals surface area contributed by atoms with Crippen LogP contribution in [-0.4, -0.2) is 57.3 Å². The van der Waals surface area contributed by atoms with Crippen LogP contribution in [0, 0.1) is 11.3 Å². The van der Waals surface area contributed by atoms with E-state index in [1.807, 2.05) is 6.07 Å². The zero-order valence-corrected chi connectivity index (χ0v) is 19.8. The predicted octanol–water partition coefficient (Wildman–Crippen LogP) is 1.89. The quantitative estimate of drug-likeness (QED) is 0.689. The van der Waals surface area contributed by atoms with Crippen molar-refractivity contribution < 1.29 is 18.0 Å². The Bertz CT molecular complexity index is 1250. The second-order valence-corrected chi connectivity index (χ2v) is 12.7. The Labute approximate surface area is 193 Å². The van der Waals surface area contributed by atoms with Crippen molar-refractivity contribution in [2.45, 2.75) is 56.2 Å². The van der Waals surface area contributed by atoms with E-state index in [0.29, 0.717) is 31.5 Å². The van der Waals surface area contributed by atoms with Gasteiger partial charge in [0.25, 0.3) is 11.8 Å². The van der Waals surface area contributed by atoms with Crippen LogP contribution in [0.15, 0.2) is 30.5 Å². The first-order valence-electron chi connectivity index (χ1n) is 10.9. The maximum atomic E-state index is 13.1. The Morgan fingerprint density at radius 1 is 1.21 bits per heavy atom. The lowest BCUT2D eigenvalue weighted by atomic mass is 10.1. The lowest BCUT2D eigenvalue weighted by Gasteiger charge is -2.34. The van der Waals surface area contributed by atoms with E-state index < -0.39 is 25.2 Å². The van der Waals surface area contributed by atoms with Gasteiger partial charge in [-0.1, -0.05) is 12.1 Å². The molecule has 0 atom stereocenters. The van der Waals surface area contributed by atoms with E-state index in [-0.39, 0.29) is 30.5 Å². The number of carbonyl (C=O) groups excluding carboxylic acids is 2. The van der Waals surface area contributed by atoms with Crippen LogP contribution in [0.5, 0.6) is 0 Å². The summed E-state index contributed by atoms with van der Waals surface area (Å²) in [6.07, 6.45) is 2.49. The van der Waals surface area contributed by atoms with E-state index >= 15 is 0 Å². The van der Waals surface area contributed by atoms with Crippen LogP contribution in [0.25, 0.3) is 0 Å². The highest BCUT2D eigenvalue weighted by atomic mass is 32.2. The fourth-order valence-corrected chi connectivity index (χ4v) is 6.46. The number of imidazole rings is 1. The van der Waals surface area contributed by atoms with Gasteiger partial charge in [0.15, 0.2) is 15.7 Å². The first-order valence-corrected chi connectivity index (χ1v) is 12.3. The summed E-state index contributed by atoms with van der Waals surface area (Å²) in [4.78, 5) is 31.5. The lowest BCUT2D eigenvalue weighted by molar-refractivity contribution is 0.0698. The molecule has 0 spiro atoms. The molecule has 1 fully saturated rings. The zero-order valence-electron chi connectivity index (χ0n) is 19.0. The van der Waals surface area contributed by atoms with Crippen molar-refractivity contribution in [3.05, 3.63) is 53.1 Å². The van der Waals surface area contributed by atoms with Crippen molar-refractivity contribution in [1.82, 2.24) is 19.8 Å². The number of hydrogen-bond acceptors (Lipinski definition) is 6. The normalized spacial score (nSPS) is 17.3. The molecule has 1 aromatic heterocycles. The number of nitrogens with one attached hydrogen (secondary N) is 1. The van der Waals surface area contributed by atoms with Gasteiger partial charge in [-0.25, -0.2) is 13.4 Å². The van der Waals surface area contributed by atoms with Crippen molar-refractivity contribution in [1.29, 1.82) is 5.26 Å². The number of benzene rings is 1. The van der Waals surface area contributed by atoms with Gasteiger partial charge in [-0.05, 0) is 51.3 Å². The van der Waals surface area contributed by atoms with Gasteiger partial charge in [0, 0.05) is 26.2 Å². The van der Waals surface area contributed by atoms with Crippen LogP contribution in [0.1, 0.15) is 65.8 Å². The van der Waals surface area contributed by atoms with E-state index in [1.54, 1.807) is 54.5 Å². The Morgan fingerprint density at radius 2 is 1.88 bits per heavy atom. The number of carbonyl (C=O) groups is 2. The van der Waals surface area contributed by atoms with Crippen LogP contribution in [0.2, 0.25) is 0 Å². The summed E-state index contributed by atoms with van der Waals surface area (Å²) in [6.45, 7) is 6.19. The van der Waals surface area contributed by atoms with E-state index in [2.05, 4.69) is 10.3 Å². The van der Waals surface area contributed by atoms with E-state index in [9.17, 15) is 18.0 Å². The molecular weight excluding hydrogens is 442 g/mol. The van der Waals surface area contributed by atoms with Gasteiger partial charge in [-0.3, -0.25) is 9.59 Å². The first kappa shape index (κ1) is 23.0. The second-order valence-electron chi connectivity index (χ2n) is 9.64. The number of rotatable bonds is 6. The minimum absolute atomic E-state index is 0.148. The number of amides is 2. The van der Waals surface area contributed by atoms with E-state index in [0.717, 1.165) is 5.56 Å². The third-order valence-electron chi connectivity index (χ3n) is 6.36. The summed E-state index contributed by atoms with van der Waals surface area (Å²) in [5.41, 5.74) is 1.66. The molecule has 0 bridgehead atoms. The molecule has 0 saturated heterocycles. The van der Waals surface area contributed by atoms with Crippen molar-refractivity contribution in [3.63, 3.8) is 0 Å². The molecule has 2 aliphatic rings. The molecule has 9 nitrogen and oxygen atoms in total. The van der Waals surface area contributed by atoms with Crippen LogP contribution >= 0.6 is 0 Å². The highest BCUT2D eigenvalue weighted by Gasteiger charge is 2.59. The number of nitrogens with zero attached hydrogens (tertiary/aromatic N) is 4. The highest BCUT2D eigenvalue weighted by molar-refractivity contribution is 7.94. The zero-order chi connectivity index (χ0) is 24.0. The molecule has 2 heterocycles. The molecule has 1 aliphatic carbocycles. The van der Waals surface area contributed by atoms with Crippen molar-refractivity contribution in [2.75, 3.05) is 13.1 Å². The van der Waals surface area contributed by atoms with Crippen LogP contribution in [0.3, 0.4) is 0 Å². The maximum Gasteiger partial charge on any atom is 0.287 e. The van der Waals surface area contributed by atoms with Crippen molar-refractivity contribution >= 4 is 21.7 Å². The van der Waals surface area contributed by atoms with E-state index in [4.69, 9.17) is 5.26 Å². The average Bonchev–Trinajstić information content (AvgIpc) is 3.44. The maximum absolute atomic E-state index is 13.1. The average molecular weight is 470 g/mol. The van der Waals surface area contributed by atoms with E-state index in [1.165, 1.54) is 6.20 Å². The summed E-state index contributed by atoms with van der Waals surface area (Å²) >= 11 is 0. The van der Waals surface area contributed by atoms with Crippen LogP contribution in [-0.2, 0) is 22.9 Å². The fourth-order valence-electron chi connectivity index (χ4n) is 4.20. The molecule has 174 valence electrons. The lowest BCUT2D eigenvalue weighted by Crippen LogP contribution is -2.50. The van der Waals surface area contributed by atoms with Gasteiger partial charge in [-0.2, -0.15) is 5.26 Å². The molecule has 2 amide bonds. The molecule has 1 saturated carbocycles. The topological polar surface area (TPSA) is 125 Å². The third-order valence-corrected chi connectivity index (χ3v) is 9.65. The standard InChI is InChI=1S/C23H27N5O4S/c1-22(2,3)33(31,32)23(8-9-23)15-27-10-11-28-18(21(27)30)14-25-19(28)20(29)26-13-17-6-4-16(12-24)5-7-17/h4-7,14H,8-11,13,15H2,1-3H3,(H,26,29). The summed E-state index contributed by atoms with van der Waals surface area (Å²) in [5, 5.41) is 11.7. The molecule has 1 aromatic carbocycles. The molecule has 1 aliphatic heterocycles. The van der Waals surface area contributed by atoms with Gasteiger partial charge >= 0.3 is 0 Å². The molecule has 1 N–H and O–H groups in total. The summed E-state index contributed by atoms with van der Waals surface area (Å²) in [6, 6.07) is 8.93. The molecule has 0 unspecified atom stereocenters. The minimum atomic E-state index is -3.41. The number of aromatic nitrogens is 2. The van der Waals surface area contributed by atoms with Crippen molar-refractivity contribution in [2.24, 2.45) is 0 Å². The first-order chi connectivity index (χ1) is 15.5. The van der Waals surface area contributed by atoms with Crippen molar-refractivity contribution in [3.8, 4) is 6.07 Å². The minimum Gasteiger partial charge on any atom is -0.345 e. The number of sulfone groups is 1. The van der Waals surface area contributed by atoms with Gasteiger partial charge in [-0.15, -0.1) is 0 Å². The summed E-state index contributed by atoms with van der Waals surface area (Å²) in [7, 11) is -3.41. The van der Waals surface area contributed by atoms with Crippen LogP contribution < -0.4 is 5.32 Å². The predicted molar refractivity (Wildman–Crippen MR) is 121 cm³/mol. The van der Waals surface area contributed by atoms with Gasteiger partial charge in [0.2, 0.25) is 0 Å². The molecule has 33 heavy (non-hydrogen) atoms. The highest BCUT2D eigenvalue weighted by Crippen LogP contribution is 2.49. The molecule has 2 aromatic rings. The summed E-state index contributed by atoms with van der Waals surface area (Å²) < 4.78 is 25.9. The van der Waals surface area contributed by atoms with Gasteiger partial charge in [0.1, 0.15) is 5.69 Å². The molecule has 0 radical (unpaired) electrons. The Hall–Kier alpha value is -3.19. The number of nitriles is 1. The Morgan fingerprint density at radius 3 is 2.45 bits per heavy atom. The Balaban J connectivity index is 1.45. The number of fused-ring (bicyclic) bond motifs is 1. The molecular formula is C23H27N5O4S. The Kier molecular flexibility index (Phi) is 5.56. The smallest absolute Gasteiger partial charge is 0.287 e.